The summed E-state index contributed by atoms with van der Waals surface area (Å²) in [6.45, 7) is 3.18. The summed E-state index contributed by atoms with van der Waals surface area (Å²) in [6, 6.07) is 3.82. The minimum absolute atomic E-state index is 0.411. The lowest BCUT2D eigenvalue weighted by Gasteiger charge is -2.21. The molecule has 6 heteroatoms. The van der Waals surface area contributed by atoms with Crippen LogP contribution >= 0.6 is 0 Å². The smallest absolute Gasteiger partial charge is 0.315 e. The van der Waals surface area contributed by atoms with Crippen molar-refractivity contribution in [1.29, 1.82) is 0 Å². The molecule has 0 aromatic heterocycles. The predicted octanol–water partition coefficient (Wildman–Crippen LogP) is 1.75. The fourth-order valence-electron chi connectivity index (χ4n) is 1.43. The molecule has 0 bridgehead atoms. The van der Waals surface area contributed by atoms with Crippen LogP contribution in [0.1, 0.15) is 19.4 Å². The molecule has 92 valence electrons. The normalized spacial score (nSPS) is 11.0. The molecule has 0 aliphatic rings. The number of aromatic hydroxyl groups is 1. The molecule has 1 rings (SSSR count). The van der Waals surface area contributed by atoms with E-state index >= 15 is 0 Å². The Labute approximate surface area is 98.0 Å². The van der Waals surface area contributed by atoms with Crippen LogP contribution in [-0.2, 0) is 14.9 Å². The minimum atomic E-state index is -1.01. The van der Waals surface area contributed by atoms with Crippen molar-refractivity contribution in [3.05, 3.63) is 33.9 Å². The highest BCUT2D eigenvalue weighted by atomic mass is 16.6. The number of nitro groups is 1. The summed E-state index contributed by atoms with van der Waals surface area (Å²) in [4.78, 5) is 21.5. The van der Waals surface area contributed by atoms with E-state index in [2.05, 4.69) is 4.74 Å². The maximum Gasteiger partial charge on any atom is 0.315 e. The molecule has 0 fully saturated rings. The van der Waals surface area contributed by atoms with Gasteiger partial charge in [0.25, 0.3) is 0 Å². The third kappa shape index (κ3) is 2.35. The van der Waals surface area contributed by atoms with Crippen molar-refractivity contribution in [2.75, 3.05) is 7.11 Å². The Morgan fingerprint density at radius 3 is 2.53 bits per heavy atom. The molecule has 0 atom stereocenters. The van der Waals surface area contributed by atoms with E-state index in [-0.39, 0.29) is 0 Å². The van der Waals surface area contributed by atoms with Crippen LogP contribution in [0.5, 0.6) is 5.75 Å². The average Bonchev–Trinajstić information content (AvgIpc) is 2.27. The fraction of sp³-hybridized carbons (Fsp3) is 0.364. The monoisotopic (exact) mass is 239 g/mol. The fourth-order valence-corrected chi connectivity index (χ4v) is 1.43. The van der Waals surface area contributed by atoms with E-state index in [0.717, 1.165) is 0 Å². The largest absolute Gasteiger partial charge is 0.502 e. The van der Waals surface area contributed by atoms with Gasteiger partial charge in [-0.25, -0.2) is 0 Å². The van der Waals surface area contributed by atoms with Crippen molar-refractivity contribution in [3.63, 3.8) is 0 Å². The van der Waals surface area contributed by atoms with Gasteiger partial charge >= 0.3 is 11.7 Å². The summed E-state index contributed by atoms with van der Waals surface area (Å²) >= 11 is 0. The molecule has 0 heterocycles. The summed E-state index contributed by atoms with van der Waals surface area (Å²) in [6.07, 6.45) is 0. The zero-order valence-corrected chi connectivity index (χ0v) is 9.76. The van der Waals surface area contributed by atoms with Gasteiger partial charge in [-0.05, 0) is 25.5 Å². The third-order valence-corrected chi connectivity index (χ3v) is 2.59. The molecule has 0 saturated heterocycles. The first-order valence-corrected chi connectivity index (χ1v) is 4.87. The molecule has 0 unspecified atom stereocenters. The number of rotatable bonds is 3. The first-order valence-electron chi connectivity index (χ1n) is 4.87. The lowest BCUT2D eigenvalue weighted by atomic mass is 9.84. The van der Waals surface area contributed by atoms with Gasteiger partial charge in [-0.15, -0.1) is 0 Å². The van der Waals surface area contributed by atoms with Gasteiger partial charge in [-0.1, -0.05) is 6.07 Å². The number of benzene rings is 1. The Balaban J connectivity index is 3.29. The van der Waals surface area contributed by atoms with E-state index in [0.29, 0.717) is 5.56 Å². The highest BCUT2D eigenvalue weighted by molar-refractivity contribution is 5.82. The topological polar surface area (TPSA) is 89.7 Å². The van der Waals surface area contributed by atoms with Crippen molar-refractivity contribution >= 4 is 11.7 Å². The lowest BCUT2D eigenvalue weighted by molar-refractivity contribution is -0.386. The van der Waals surface area contributed by atoms with Crippen LogP contribution in [-0.4, -0.2) is 23.1 Å². The van der Waals surface area contributed by atoms with Gasteiger partial charge in [-0.3, -0.25) is 14.9 Å². The van der Waals surface area contributed by atoms with Gasteiger partial charge in [0.1, 0.15) is 0 Å². The summed E-state index contributed by atoms with van der Waals surface area (Å²) in [7, 11) is 1.25. The van der Waals surface area contributed by atoms with Crippen LogP contribution in [0.25, 0.3) is 0 Å². The average molecular weight is 239 g/mol. The third-order valence-electron chi connectivity index (χ3n) is 2.59. The Hall–Kier alpha value is -2.11. The molecule has 1 aromatic carbocycles. The van der Waals surface area contributed by atoms with Crippen LogP contribution in [0.4, 0.5) is 5.69 Å². The minimum Gasteiger partial charge on any atom is -0.502 e. The van der Waals surface area contributed by atoms with Crippen molar-refractivity contribution in [3.8, 4) is 5.75 Å². The summed E-state index contributed by atoms with van der Waals surface area (Å²) in [5.41, 5.74) is -1.03. The number of hydrogen-bond acceptors (Lipinski definition) is 5. The molecule has 0 spiro atoms. The molecule has 1 N–H and O–H groups in total. The number of esters is 1. The molecular weight excluding hydrogens is 226 g/mol. The number of phenols is 1. The maximum atomic E-state index is 11.5. The van der Waals surface area contributed by atoms with Crippen LogP contribution < -0.4 is 0 Å². The van der Waals surface area contributed by atoms with Gasteiger partial charge < -0.3 is 9.84 Å². The van der Waals surface area contributed by atoms with Crippen LogP contribution in [0, 0.1) is 10.1 Å². The summed E-state index contributed by atoms with van der Waals surface area (Å²) in [5.74, 6) is -0.933. The van der Waals surface area contributed by atoms with Gasteiger partial charge in [0.2, 0.25) is 0 Å². The Morgan fingerprint density at radius 2 is 2.06 bits per heavy atom. The standard InChI is InChI=1S/C11H13NO5/c1-11(2,10(14)17-3)7-4-5-9(13)8(6-7)12(15)16/h4-6,13H,1-3H3. The number of phenolic OH excluding ortho intramolecular Hbond substituents is 1. The lowest BCUT2D eigenvalue weighted by Crippen LogP contribution is -2.30. The second-order valence-electron chi connectivity index (χ2n) is 4.08. The molecule has 0 amide bonds. The van der Waals surface area contributed by atoms with Crippen molar-refractivity contribution in [2.45, 2.75) is 19.3 Å². The highest BCUT2D eigenvalue weighted by Crippen LogP contribution is 2.32. The van der Waals surface area contributed by atoms with Gasteiger partial charge in [0.15, 0.2) is 5.75 Å². The maximum absolute atomic E-state index is 11.5. The zero-order chi connectivity index (χ0) is 13.2. The molecule has 0 radical (unpaired) electrons. The van der Waals surface area contributed by atoms with Crippen LogP contribution in [0.2, 0.25) is 0 Å². The number of nitrogens with zero attached hydrogens (tertiary/aromatic N) is 1. The summed E-state index contributed by atoms with van der Waals surface area (Å²) < 4.78 is 4.63. The first kappa shape index (κ1) is 13.0. The molecule has 0 aliphatic heterocycles. The predicted molar refractivity (Wildman–Crippen MR) is 59.8 cm³/mol. The number of methoxy groups -OCH3 is 1. The molecule has 0 saturated carbocycles. The molecule has 6 nitrogen and oxygen atoms in total. The van der Waals surface area contributed by atoms with Crippen molar-refractivity contribution < 1.29 is 19.6 Å². The van der Waals surface area contributed by atoms with E-state index in [1.54, 1.807) is 13.8 Å². The Morgan fingerprint density at radius 1 is 1.47 bits per heavy atom. The number of carbonyl (C=O) groups excluding carboxylic acids is 1. The Kier molecular flexibility index (Phi) is 3.36. The van der Waals surface area contributed by atoms with Crippen molar-refractivity contribution in [2.24, 2.45) is 0 Å². The van der Waals surface area contributed by atoms with Crippen LogP contribution in [0.3, 0.4) is 0 Å². The molecule has 1 aromatic rings. The van der Waals surface area contributed by atoms with E-state index in [1.807, 2.05) is 0 Å². The van der Waals surface area contributed by atoms with Gasteiger partial charge in [-0.2, -0.15) is 0 Å². The molecular formula is C11H13NO5. The first-order chi connectivity index (χ1) is 7.80. The number of nitro benzene ring substituents is 1. The summed E-state index contributed by atoms with van der Waals surface area (Å²) in [5, 5.41) is 20.0. The second-order valence-corrected chi connectivity index (χ2v) is 4.08. The van der Waals surface area contributed by atoms with E-state index in [4.69, 9.17) is 0 Å². The molecule has 17 heavy (non-hydrogen) atoms. The Bertz CT molecular complexity index is 467. The van der Waals surface area contributed by atoms with E-state index in [9.17, 15) is 20.0 Å². The van der Waals surface area contributed by atoms with Crippen LogP contribution in [0.15, 0.2) is 18.2 Å². The SMILES string of the molecule is COC(=O)C(C)(C)c1ccc(O)c([N+](=O)[O-])c1. The van der Waals surface area contributed by atoms with Gasteiger partial charge in [0.05, 0.1) is 17.4 Å². The zero-order valence-electron chi connectivity index (χ0n) is 9.76. The van der Waals surface area contributed by atoms with E-state index < -0.39 is 27.7 Å². The number of carbonyl (C=O) groups is 1. The molecule has 0 aliphatic carbocycles. The van der Waals surface area contributed by atoms with E-state index in [1.165, 1.54) is 25.3 Å². The van der Waals surface area contributed by atoms with Gasteiger partial charge in [0, 0.05) is 6.07 Å². The van der Waals surface area contributed by atoms with Crippen molar-refractivity contribution in [1.82, 2.24) is 0 Å². The quantitative estimate of drug-likeness (QED) is 0.493. The second kappa shape index (κ2) is 4.40. The highest BCUT2D eigenvalue weighted by Gasteiger charge is 2.32. The number of ether oxygens (including phenoxy) is 1. The number of hydrogen-bond donors (Lipinski definition) is 1.